The summed E-state index contributed by atoms with van der Waals surface area (Å²) in [5, 5.41) is 3.87. The Balaban J connectivity index is 2.42. The molecule has 106 valence electrons. The minimum absolute atomic E-state index is 0.206. The maximum absolute atomic E-state index is 13.9. The molecular formula is C14H13Cl2FN2O. The highest BCUT2D eigenvalue weighted by molar-refractivity contribution is 6.35. The first-order valence-electron chi connectivity index (χ1n) is 5.78. The number of ether oxygens (including phenoxy) is 1. The van der Waals surface area contributed by atoms with Crippen LogP contribution in [-0.4, -0.2) is 7.11 Å². The zero-order chi connectivity index (χ0) is 14.9. The smallest absolute Gasteiger partial charge is 0.148 e. The highest BCUT2D eigenvalue weighted by Crippen LogP contribution is 2.34. The maximum Gasteiger partial charge on any atom is 0.148 e. The zero-order valence-corrected chi connectivity index (χ0v) is 12.4. The molecule has 0 aliphatic carbocycles. The van der Waals surface area contributed by atoms with Crippen LogP contribution in [0, 0.1) is 12.7 Å². The summed E-state index contributed by atoms with van der Waals surface area (Å²) in [6.45, 7) is 1.84. The van der Waals surface area contributed by atoms with Gasteiger partial charge in [-0.05, 0) is 24.6 Å². The molecule has 0 unspecified atom stereocenters. The van der Waals surface area contributed by atoms with Gasteiger partial charge in [-0.2, -0.15) is 0 Å². The molecule has 2 rings (SSSR count). The fraction of sp³-hybridized carbons (Fsp3) is 0.143. The quantitative estimate of drug-likeness (QED) is 0.802. The number of halogens is 3. The largest absolute Gasteiger partial charge is 0.495 e. The van der Waals surface area contributed by atoms with E-state index in [1.807, 2.05) is 6.92 Å². The van der Waals surface area contributed by atoms with E-state index in [2.05, 4.69) is 5.32 Å². The van der Waals surface area contributed by atoms with E-state index < -0.39 is 5.82 Å². The predicted molar refractivity (Wildman–Crippen MR) is 81.8 cm³/mol. The molecule has 0 radical (unpaired) electrons. The second kappa shape index (κ2) is 5.77. The van der Waals surface area contributed by atoms with Crippen molar-refractivity contribution >= 4 is 40.3 Å². The minimum Gasteiger partial charge on any atom is -0.495 e. The first kappa shape index (κ1) is 14.8. The number of nitrogen functional groups attached to an aromatic ring is 1. The van der Waals surface area contributed by atoms with Crippen LogP contribution in [-0.2, 0) is 0 Å². The molecule has 0 spiro atoms. The fourth-order valence-electron chi connectivity index (χ4n) is 1.73. The van der Waals surface area contributed by atoms with E-state index in [4.69, 9.17) is 33.7 Å². The molecule has 0 fully saturated rings. The molecule has 0 saturated carbocycles. The van der Waals surface area contributed by atoms with Crippen molar-refractivity contribution in [3.8, 4) is 5.75 Å². The Morgan fingerprint density at radius 1 is 1.10 bits per heavy atom. The molecule has 6 heteroatoms. The summed E-state index contributed by atoms with van der Waals surface area (Å²) in [5.74, 6) is -0.126. The molecule has 0 atom stereocenters. The Hall–Kier alpha value is -1.65. The van der Waals surface area contributed by atoms with Gasteiger partial charge in [-0.1, -0.05) is 23.2 Å². The van der Waals surface area contributed by atoms with Gasteiger partial charge in [0.25, 0.3) is 0 Å². The Morgan fingerprint density at radius 2 is 1.80 bits per heavy atom. The molecule has 3 N–H and O–H groups in total. The topological polar surface area (TPSA) is 47.3 Å². The molecule has 0 aliphatic heterocycles. The monoisotopic (exact) mass is 314 g/mol. The van der Waals surface area contributed by atoms with E-state index >= 15 is 0 Å². The number of nitrogens with two attached hydrogens (primary N) is 1. The lowest BCUT2D eigenvalue weighted by Crippen LogP contribution is -1.99. The van der Waals surface area contributed by atoms with Gasteiger partial charge in [0.2, 0.25) is 0 Å². The highest BCUT2D eigenvalue weighted by Gasteiger charge is 2.11. The lowest BCUT2D eigenvalue weighted by Gasteiger charge is -2.13. The van der Waals surface area contributed by atoms with Gasteiger partial charge in [0.1, 0.15) is 11.6 Å². The molecule has 0 aromatic heterocycles. The molecule has 0 saturated heterocycles. The number of anilines is 3. The van der Waals surface area contributed by atoms with Crippen molar-refractivity contribution < 1.29 is 9.13 Å². The van der Waals surface area contributed by atoms with Crippen LogP contribution in [0.25, 0.3) is 0 Å². The summed E-state index contributed by atoms with van der Waals surface area (Å²) in [7, 11) is 1.46. The van der Waals surface area contributed by atoms with E-state index in [-0.39, 0.29) is 11.4 Å². The lowest BCUT2D eigenvalue weighted by atomic mass is 10.2. The van der Waals surface area contributed by atoms with Crippen LogP contribution >= 0.6 is 23.2 Å². The lowest BCUT2D eigenvalue weighted by molar-refractivity contribution is 0.416. The highest BCUT2D eigenvalue weighted by atomic mass is 35.5. The summed E-state index contributed by atoms with van der Waals surface area (Å²) in [6, 6.07) is 6.00. The predicted octanol–water partition coefficient (Wildman–Crippen LogP) is 4.78. The van der Waals surface area contributed by atoms with E-state index in [9.17, 15) is 4.39 Å². The number of hydrogen-bond acceptors (Lipinski definition) is 3. The van der Waals surface area contributed by atoms with Gasteiger partial charge >= 0.3 is 0 Å². The van der Waals surface area contributed by atoms with Gasteiger partial charge in [0.15, 0.2) is 0 Å². The first-order chi connectivity index (χ1) is 9.42. The number of methoxy groups -OCH3 is 1. The standard InChI is InChI=1S/C14H13Cl2FN2O/c1-7-3-9(16)12(4-8(7)15)19-13-6-14(20-2)11(18)5-10(13)17/h3-6,19H,18H2,1-2H3. The molecule has 20 heavy (non-hydrogen) atoms. The van der Waals surface area contributed by atoms with Gasteiger partial charge in [-0.25, -0.2) is 4.39 Å². The Bertz CT molecular complexity index is 662. The van der Waals surface area contributed by atoms with Crippen molar-refractivity contribution in [1.29, 1.82) is 0 Å². The van der Waals surface area contributed by atoms with Crippen molar-refractivity contribution in [1.82, 2.24) is 0 Å². The second-order valence-corrected chi connectivity index (χ2v) is 5.09. The van der Waals surface area contributed by atoms with E-state index in [1.54, 1.807) is 12.1 Å². The zero-order valence-electron chi connectivity index (χ0n) is 10.9. The van der Waals surface area contributed by atoms with Gasteiger partial charge in [0, 0.05) is 17.2 Å². The molecule has 0 aliphatic rings. The van der Waals surface area contributed by atoms with Gasteiger partial charge in [-0.3, -0.25) is 0 Å². The van der Waals surface area contributed by atoms with Crippen LogP contribution in [0.15, 0.2) is 24.3 Å². The summed E-state index contributed by atoms with van der Waals surface area (Å²) >= 11 is 12.1. The Morgan fingerprint density at radius 3 is 2.45 bits per heavy atom. The van der Waals surface area contributed by atoms with Gasteiger partial charge < -0.3 is 15.8 Å². The SMILES string of the molecule is COc1cc(Nc2cc(Cl)c(C)cc2Cl)c(F)cc1N. The van der Waals surface area contributed by atoms with Crippen LogP contribution in [0.4, 0.5) is 21.5 Å². The third-order valence-electron chi connectivity index (χ3n) is 2.84. The molecule has 2 aromatic carbocycles. The van der Waals surface area contributed by atoms with Crippen LogP contribution in [0.1, 0.15) is 5.56 Å². The number of nitrogens with one attached hydrogen (secondary N) is 1. The average molecular weight is 315 g/mol. The van der Waals surface area contributed by atoms with Crippen LogP contribution in [0.2, 0.25) is 10.0 Å². The molecule has 2 aromatic rings. The summed E-state index contributed by atoms with van der Waals surface area (Å²) in [4.78, 5) is 0. The Kier molecular flexibility index (Phi) is 4.26. The molecule has 0 heterocycles. The molecular weight excluding hydrogens is 302 g/mol. The number of hydrogen-bond donors (Lipinski definition) is 2. The van der Waals surface area contributed by atoms with Crippen molar-refractivity contribution in [2.24, 2.45) is 0 Å². The third-order valence-corrected chi connectivity index (χ3v) is 3.56. The van der Waals surface area contributed by atoms with Crippen molar-refractivity contribution in [3.05, 3.63) is 45.7 Å². The van der Waals surface area contributed by atoms with Gasteiger partial charge in [-0.15, -0.1) is 0 Å². The normalized spacial score (nSPS) is 10.4. The summed E-state index contributed by atoms with van der Waals surface area (Å²) < 4.78 is 19.0. The molecule has 3 nitrogen and oxygen atoms in total. The average Bonchev–Trinajstić information content (AvgIpc) is 2.38. The number of aryl methyl sites for hydroxylation is 1. The summed E-state index contributed by atoms with van der Waals surface area (Å²) in [6.07, 6.45) is 0. The van der Waals surface area contributed by atoms with E-state index in [0.29, 0.717) is 21.5 Å². The first-order valence-corrected chi connectivity index (χ1v) is 6.53. The Labute approximate surface area is 126 Å². The van der Waals surface area contributed by atoms with Gasteiger partial charge in [0.05, 0.1) is 29.2 Å². The number of benzene rings is 2. The van der Waals surface area contributed by atoms with Crippen molar-refractivity contribution in [2.75, 3.05) is 18.2 Å². The van der Waals surface area contributed by atoms with Crippen LogP contribution in [0.3, 0.4) is 0 Å². The molecule has 0 bridgehead atoms. The van der Waals surface area contributed by atoms with Crippen LogP contribution in [0.5, 0.6) is 5.75 Å². The van der Waals surface area contributed by atoms with Crippen molar-refractivity contribution in [2.45, 2.75) is 6.92 Å². The minimum atomic E-state index is -0.504. The number of rotatable bonds is 3. The van der Waals surface area contributed by atoms with Crippen LogP contribution < -0.4 is 15.8 Å². The molecule has 0 amide bonds. The van der Waals surface area contributed by atoms with E-state index in [0.717, 1.165) is 5.56 Å². The van der Waals surface area contributed by atoms with E-state index in [1.165, 1.54) is 19.2 Å². The third kappa shape index (κ3) is 2.92. The summed E-state index contributed by atoms with van der Waals surface area (Å²) in [5.41, 5.74) is 7.41. The second-order valence-electron chi connectivity index (χ2n) is 4.28. The maximum atomic E-state index is 13.9. The van der Waals surface area contributed by atoms with Crippen molar-refractivity contribution in [3.63, 3.8) is 0 Å². The fourth-order valence-corrected chi connectivity index (χ4v) is 2.16.